The molecule has 0 aliphatic rings. The second kappa shape index (κ2) is 5.49. The summed E-state index contributed by atoms with van der Waals surface area (Å²) >= 11 is 5.36. The zero-order chi connectivity index (χ0) is 13.9. The van der Waals surface area contributed by atoms with Crippen molar-refractivity contribution in [2.24, 2.45) is 0 Å². The standard InChI is InChI=1S/C11H11ClO5S/c1-7(11(14)15)18(16,17)9-4-2-8(3-5-9)10(13)6-12/h2-5,7H,6H2,1H3,(H,14,15). The third-order valence-corrected chi connectivity index (χ3v) is 4.74. The number of carbonyl (C=O) groups is 2. The summed E-state index contributed by atoms with van der Waals surface area (Å²) in [6.07, 6.45) is 0. The molecule has 18 heavy (non-hydrogen) atoms. The van der Waals surface area contributed by atoms with Crippen molar-refractivity contribution in [2.75, 3.05) is 5.88 Å². The molecule has 1 rings (SSSR count). The van der Waals surface area contributed by atoms with E-state index in [0.717, 1.165) is 6.92 Å². The number of carboxylic acid groups (broad SMARTS) is 1. The van der Waals surface area contributed by atoms with Crippen molar-refractivity contribution in [3.05, 3.63) is 29.8 Å². The molecule has 7 heteroatoms. The lowest BCUT2D eigenvalue weighted by Crippen LogP contribution is -2.26. The highest BCUT2D eigenvalue weighted by molar-refractivity contribution is 7.92. The van der Waals surface area contributed by atoms with Crippen LogP contribution in [0.15, 0.2) is 29.2 Å². The van der Waals surface area contributed by atoms with Crippen LogP contribution in [-0.2, 0) is 14.6 Å². The van der Waals surface area contributed by atoms with E-state index in [0.29, 0.717) is 0 Å². The van der Waals surface area contributed by atoms with Crippen LogP contribution in [0.3, 0.4) is 0 Å². The van der Waals surface area contributed by atoms with Crippen LogP contribution in [-0.4, -0.2) is 36.4 Å². The maximum Gasteiger partial charge on any atom is 0.321 e. The van der Waals surface area contributed by atoms with E-state index < -0.39 is 21.1 Å². The minimum atomic E-state index is -3.93. The third kappa shape index (κ3) is 2.88. The minimum Gasteiger partial charge on any atom is -0.480 e. The van der Waals surface area contributed by atoms with E-state index in [1.54, 1.807) is 0 Å². The summed E-state index contributed by atoms with van der Waals surface area (Å²) in [6.45, 7) is 1.09. The number of ketones is 1. The Morgan fingerprint density at radius 3 is 2.17 bits per heavy atom. The zero-order valence-corrected chi connectivity index (χ0v) is 11.0. The van der Waals surface area contributed by atoms with Gasteiger partial charge in [-0.25, -0.2) is 8.42 Å². The van der Waals surface area contributed by atoms with Crippen LogP contribution < -0.4 is 0 Å². The van der Waals surface area contributed by atoms with Gasteiger partial charge in [-0.2, -0.15) is 0 Å². The van der Waals surface area contributed by atoms with Gasteiger partial charge in [0.2, 0.25) is 0 Å². The van der Waals surface area contributed by atoms with E-state index in [-0.39, 0.29) is 22.1 Å². The van der Waals surface area contributed by atoms with Crippen LogP contribution in [0.5, 0.6) is 0 Å². The predicted octanol–water partition coefficient (Wildman–Crippen LogP) is 1.35. The van der Waals surface area contributed by atoms with Crippen LogP contribution in [0.2, 0.25) is 0 Å². The monoisotopic (exact) mass is 290 g/mol. The zero-order valence-electron chi connectivity index (χ0n) is 9.46. The highest BCUT2D eigenvalue weighted by atomic mass is 35.5. The van der Waals surface area contributed by atoms with E-state index in [1.807, 2.05) is 0 Å². The number of halogens is 1. The van der Waals surface area contributed by atoms with Crippen molar-refractivity contribution in [3.63, 3.8) is 0 Å². The summed E-state index contributed by atoms with van der Waals surface area (Å²) in [5, 5.41) is 7.17. The number of benzene rings is 1. The molecule has 1 N–H and O–H groups in total. The molecule has 0 aliphatic carbocycles. The lowest BCUT2D eigenvalue weighted by Gasteiger charge is -2.08. The van der Waals surface area contributed by atoms with Gasteiger partial charge in [0.25, 0.3) is 0 Å². The van der Waals surface area contributed by atoms with Gasteiger partial charge in [-0.15, -0.1) is 11.6 Å². The number of Topliss-reactive ketones (excluding diaryl/α,β-unsaturated/α-hetero) is 1. The van der Waals surface area contributed by atoms with Gasteiger partial charge in [-0.3, -0.25) is 9.59 Å². The molecule has 5 nitrogen and oxygen atoms in total. The molecular formula is C11H11ClO5S. The number of alkyl halides is 1. The van der Waals surface area contributed by atoms with Crippen molar-refractivity contribution in [2.45, 2.75) is 17.1 Å². The molecular weight excluding hydrogens is 280 g/mol. The molecule has 0 spiro atoms. The van der Waals surface area contributed by atoms with Crippen LogP contribution in [0.4, 0.5) is 0 Å². The molecule has 1 aromatic rings. The van der Waals surface area contributed by atoms with Gasteiger partial charge in [0, 0.05) is 5.56 Å². The van der Waals surface area contributed by atoms with E-state index in [4.69, 9.17) is 16.7 Å². The molecule has 1 unspecified atom stereocenters. The summed E-state index contributed by atoms with van der Waals surface area (Å²) in [7, 11) is -3.93. The molecule has 0 fully saturated rings. The summed E-state index contributed by atoms with van der Waals surface area (Å²) in [5.41, 5.74) is 0.284. The Balaban J connectivity index is 3.13. The third-order valence-electron chi connectivity index (χ3n) is 2.44. The Morgan fingerprint density at radius 1 is 1.28 bits per heavy atom. The topological polar surface area (TPSA) is 88.5 Å². The van der Waals surface area contributed by atoms with E-state index in [9.17, 15) is 18.0 Å². The van der Waals surface area contributed by atoms with E-state index in [2.05, 4.69) is 0 Å². The molecule has 0 saturated heterocycles. The Bertz CT molecular complexity index is 562. The van der Waals surface area contributed by atoms with E-state index in [1.165, 1.54) is 24.3 Å². The first-order valence-corrected chi connectivity index (χ1v) is 7.04. The van der Waals surface area contributed by atoms with Crippen molar-refractivity contribution >= 4 is 33.2 Å². The highest BCUT2D eigenvalue weighted by Crippen LogP contribution is 2.17. The second-order valence-electron chi connectivity index (χ2n) is 3.61. The van der Waals surface area contributed by atoms with Crippen LogP contribution >= 0.6 is 11.6 Å². The molecule has 1 atom stereocenters. The summed E-state index contributed by atoms with van der Waals surface area (Å²) in [6, 6.07) is 5.03. The second-order valence-corrected chi connectivity index (χ2v) is 6.14. The lowest BCUT2D eigenvalue weighted by molar-refractivity contribution is -0.136. The number of hydrogen-bond donors (Lipinski definition) is 1. The number of carboxylic acids is 1. The predicted molar refractivity (Wildman–Crippen MR) is 65.8 cm³/mol. The highest BCUT2D eigenvalue weighted by Gasteiger charge is 2.29. The molecule has 0 radical (unpaired) electrons. The molecule has 0 aliphatic heterocycles. The van der Waals surface area contributed by atoms with Crippen LogP contribution in [0.1, 0.15) is 17.3 Å². The smallest absolute Gasteiger partial charge is 0.321 e. The number of carbonyl (C=O) groups excluding carboxylic acids is 1. The Kier molecular flexibility index (Phi) is 4.48. The van der Waals surface area contributed by atoms with Gasteiger partial charge < -0.3 is 5.11 Å². The number of aliphatic carboxylic acids is 1. The fourth-order valence-corrected chi connectivity index (χ4v) is 2.59. The molecule has 0 bridgehead atoms. The van der Waals surface area contributed by atoms with Crippen molar-refractivity contribution in [3.8, 4) is 0 Å². The Hall–Kier alpha value is -1.40. The maximum absolute atomic E-state index is 11.8. The Morgan fingerprint density at radius 2 is 1.78 bits per heavy atom. The first kappa shape index (κ1) is 14.7. The van der Waals surface area contributed by atoms with Crippen molar-refractivity contribution in [1.82, 2.24) is 0 Å². The molecule has 0 heterocycles. The number of sulfone groups is 1. The fraction of sp³-hybridized carbons (Fsp3) is 0.273. The van der Waals surface area contributed by atoms with Crippen LogP contribution in [0.25, 0.3) is 0 Å². The largest absolute Gasteiger partial charge is 0.480 e. The van der Waals surface area contributed by atoms with Gasteiger partial charge in [0.1, 0.15) is 0 Å². The van der Waals surface area contributed by atoms with Crippen molar-refractivity contribution < 1.29 is 23.1 Å². The van der Waals surface area contributed by atoms with Gasteiger partial charge in [0.05, 0.1) is 10.8 Å². The molecule has 0 amide bonds. The SMILES string of the molecule is CC(C(=O)O)S(=O)(=O)c1ccc(C(=O)CCl)cc1. The lowest BCUT2D eigenvalue weighted by atomic mass is 10.1. The van der Waals surface area contributed by atoms with Crippen LogP contribution in [0, 0.1) is 0 Å². The molecule has 98 valence electrons. The fourth-order valence-electron chi connectivity index (χ4n) is 1.24. The maximum atomic E-state index is 11.8. The molecule has 0 aromatic heterocycles. The molecule has 1 aromatic carbocycles. The number of rotatable bonds is 5. The first-order valence-electron chi connectivity index (χ1n) is 4.96. The summed E-state index contributed by atoms with van der Waals surface area (Å²) in [5.74, 6) is -1.94. The summed E-state index contributed by atoms with van der Waals surface area (Å²) < 4.78 is 23.7. The summed E-state index contributed by atoms with van der Waals surface area (Å²) in [4.78, 5) is 21.8. The van der Waals surface area contributed by atoms with Gasteiger partial charge in [-0.1, -0.05) is 12.1 Å². The van der Waals surface area contributed by atoms with Crippen molar-refractivity contribution in [1.29, 1.82) is 0 Å². The van der Waals surface area contributed by atoms with Gasteiger partial charge >= 0.3 is 5.97 Å². The average molecular weight is 291 g/mol. The normalized spacial score (nSPS) is 13.0. The first-order chi connectivity index (χ1) is 8.30. The minimum absolute atomic E-state index is 0.136. The average Bonchev–Trinajstić information content (AvgIpc) is 2.36. The number of hydrogen-bond acceptors (Lipinski definition) is 4. The molecule has 0 saturated carbocycles. The Labute approximate surface area is 109 Å². The van der Waals surface area contributed by atoms with Gasteiger partial charge in [0.15, 0.2) is 20.9 Å². The quantitative estimate of drug-likeness (QED) is 0.653. The van der Waals surface area contributed by atoms with E-state index >= 15 is 0 Å². The van der Waals surface area contributed by atoms with Gasteiger partial charge in [-0.05, 0) is 19.1 Å².